The molecule has 3 aliphatic heterocycles. The molecule has 148 valence electrons. The van der Waals surface area contributed by atoms with E-state index in [1.54, 1.807) is 0 Å². The summed E-state index contributed by atoms with van der Waals surface area (Å²) in [5.74, 6) is 0. The number of alkyl carbamates (subject to hydrolysis) is 1. The van der Waals surface area contributed by atoms with E-state index >= 15 is 0 Å². The summed E-state index contributed by atoms with van der Waals surface area (Å²) in [4.78, 5) is 16.7. The van der Waals surface area contributed by atoms with Crippen LogP contribution >= 0.6 is 0 Å². The maximum absolute atomic E-state index is 12.0. The highest BCUT2D eigenvalue weighted by atomic mass is 16.6. The average molecular weight is 372 g/mol. The molecule has 1 unspecified atom stereocenters. The van der Waals surface area contributed by atoms with E-state index in [0.29, 0.717) is 0 Å². The van der Waals surface area contributed by atoms with Gasteiger partial charge in [-0.2, -0.15) is 0 Å². The predicted octanol–water partition coefficient (Wildman–Crippen LogP) is 4.31. The minimum Gasteiger partial charge on any atom is -0.444 e. The van der Waals surface area contributed by atoms with Gasteiger partial charge < -0.3 is 19.9 Å². The zero-order valence-electron chi connectivity index (χ0n) is 17.3. The van der Waals surface area contributed by atoms with E-state index in [4.69, 9.17) is 4.74 Å². The number of nitrogens with one attached hydrogen (secondary N) is 1. The van der Waals surface area contributed by atoms with E-state index in [1.807, 2.05) is 20.8 Å². The number of hydrogen-bond acceptors (Lipinski definition) is 4. The van der Waals surface area contributed by atoms with Crippen LogP contribution in [0.25, 0.3) is 0 Å². The second-order valence-corrected chi connectivity index (χ2v) is 8.42. The van der Waals surface area contributed by atoms with Crippen molar-refractivity contribution in [3.63, 3.8) is 0 Å². The van der Waals surface area contributed by atoms with Crippen LogP contribution in [-0.2, 0) is 4.74 Å². The van der Waals surface area contributed by atoms with Crippen LogP contribution < -0.4 is 5.32 Å². The minimum absolute atomic E-state index is 0.129. The third-order valence-corrected chi connectivity index (χ3v) is 5.26. The summed E-state index contributed by atoms with van der Waals surface area (Å²) < 4.78 is 5.39. The second kappa shape index (κ2) is 7.83. The Morgan fingerprint density at radius 3 is 2.74 bits per heavy atom. The molecule has 3 heterocycles. The van der Waals surface area contributed by atoms with Crippen LogP contribution in [0.5, 0.6) is 0 Å². The molecule has 5 nitrogen and oxygen atoms in total. The fraction of sp³-hybridized carbons (Fsp3) is 0.591. The summed E-state index contributed by atoms with van der Waals surface area (Å²) in [6, 6.07) is 0.129. The van der Waals surface area contributed by atoms with Gasteiger partial charge in [0, 0.05) is 37.2 Å². The molecule has 0 saturated carbocycles. The summed E-state index contributed by atoms with van der Waals surface area (Å²) in [6.07, 6.45) is 11.8. The topological polar surface area (TPSA) is 44.8 Å². The first-order chi connectivity index (χ1) is 12.8. The molecule has 0 radical (unpaired) electrons. The van der Waals surface area contributed by atoms with E-state index < -0.39 is 5.60 Å². The molecule has 0 aromatic rings. The molecule has 1 saturated heterocycles. The standard InChI is InChI=1S/C22H33N3O2/c1-6-16-8-11-24-13-10-18(14-20(24)19(16)7-2)25-12-9-17(15-25)23-21(26)27-22(3,4)5/h8,10,13-14,17H,6-7,9,11-12,15H2,1-5H3,(H,23,26). The molecule has 0 aromatic heterocycles. The van der Waals surface area contributed by atoms with Crippen LogP contribution in [0.3, 0.4) is 0 Å². The van der Waals surface area contributed by atoms with E-state index in [-0.39, 0.29) is 12.1 Å². The van der Waals surface area contributed by atoms with Crippen molar-refractivity contribution in [2.45, 2.75) is 65.5 Å². The zero-order chi connectivity index (χ0) is 19.6. The largest absolute Gasteiger partial charge is 0.444 e. The number of carbonyl (C=O) groups is 1. The molecule has 27 heavy (non-hydrogen) atoms. The fourth-order valence-electron chi connectivity index (χ4n) is 3.98. The summed E-state index contributed by atoms with van der Waals surface area (Å²) in [5, 5.41) is 3.01. The molecule has 0 spiro atoms. The number of allylic oxidation sites excluding steroid dienone is 4. The fourth-order valence-corrected chi connectivity index (χ4v) is 3.98. The summed E-state index contributed by atoms with van der Waals surface area (Å²) in [6.45, 7) is 12.8. The van der Waals surface area contributed by atoms with Gasteiger partial charge in [0.25, 0.3) is 0 Å². The second-order valence-electron chi connectivity index (χ2n) is 8.42. The molecular weight excluding hydrogens is 338 g/mol. The molecular formula is C22H33N3O2. The van der Waals surface area contributed by atoms with Gasteiger partial charge in [0.15, 0.2) is 0 Å². The van der Waals surface area contributed by atoms with Gasteiger partial charge in [0.1, 0.15) is 5.60 Å². The molecule has 1 N–H and O–H groups in total. The lowest BCUT2D eigenvalue weighted by molar-refractivity contribution is 0.0506. The van der Waals surface area contributed by atoms with Gasteiger partial charge >= 0.3 is 6.09 Å². The molecule has 0 aliphatic carbocycles. The third kappa shape index (κ3) is 4.57. The lowest BCUT2D eigenvalue weighted by atomic mass is 9.93. The highest BCUT2D eigenvalue weighted by Gasteiger charge is 2.28. The number of ether oxygens (including phenoxy) is 1. The summed E-state index contributed by atoms with van der Waals surface area (Å²) in [7, 11) is 0. The Labute approximate surface area is 163 Å². The van der Waals surface area contributed by atoms with Gasteiger partial charge in [-0.25, -0.2) is 4.79 Å². The van der Waals surface area contributed by atoms with Crippen LogP contribution in [0.1, 0.15) is 53.9 Å². The number of carbonyl (C=O) groups excluding carboxylic acids is 1. The van der Waals surface area contributed by atoms with Crippen LogP contribution in [0.15, 0.2) is 47.0 Å². The van der Waals surface area contributed by atoms with Crippen LogP contribution in [0.2, 0.25) is 0 Å². The Bertz CT molecular complexity index is 710. The SMILES string of the molecule is CCC1=CCN2C=CC(N3CCC(NC(=O)OC(C)(C)C)C3)=CC2=C1CC. The smallest absolute Gasteiger partial charge is 0.407 e. The van der Waals surface area contributed by atoms with E-state index in [1.165, 1.54) is 22.5 Å². The highest BCUT2D eigenvalue weighted by molar-refractivity contribution is 5.68. The van der Waals surface area contributed by atoms with Crippen molar-refractivity contribution < 1.29 is 9.53 Å². The van der Waals surface area contributed by atoms with Crippen LogP contribution in [0.4, 0.5) is 4.79 Å². The van der Waals surface area contributed by atoms with Crippen molar-refractivity contribution in [3.05, 3.63) is 47.0 Å². The molecule has 0 aromatic carbocycles. The molecule has 5 heteroatoms. The van der Waals surface area contributed by atoms with Gasteiger partial charge in [-0.15, -0.1) is 0 Å². The van der Waals surface area contributed by atoms with Crippen molar-refractivity contribution in [2.24, 2.45) is 0 Å². The van der Waals surface area contributed by atoms with Crippen LogP contribution in [0, 0.1) is 0 Å². The highest BCUT2D eigenvalue weighted by Crippen LogP contribution is 2.33. The Morgan fingerprint density at radius 1 is 1.30 bits per heavy atom. The molecule has 1 amide bonds. The van der Waals surface area contributed by atoms with Crippen molar-refractivity contribution in [1.29, 1.82) is 0 Å². The molecule has 1 fully saturated rings. The van der Waals surface area contributed by atoms with Crippen LogP contribution in [-0.4, -0.2) is 47.2 Å². The predicted molar refractivity (Wildman–Crippen MR) is 109 cm³/mol. The maximum Gasteiger partial charge on any atom is 0.407 e. The van der Waals surface area contributed by atoms with E-state index in [9.17, 15) is 4.79 Å². The van der Waals surface area contributed by atoms with Crippen molar-refractivity contribution in [3.8, 4) is 0 Å². The van der Waals surface area contributed by atoms with Gasteiger partial charge in [0.2, 0.25) is 0 Å². The Balaban J connectivity index is 1.68. The first-order valence-electron chi connectivity index (χ1n) is 10.1. The van der Waals surface area contributed by atoms with Gasteiger partial charge in [-0.05, 0) is 63.3 Å². The molecule has 0 bridgehead atoms. The van der Waals surface area contributed by atoms with E-state index in [2.05, 4.69) is 53.4 Å². The minimum atomic E-state index is -0.463. The Hall–Kier alpha value is -2.17. The number of hydrogen-bond donors (Lipinski definition) is 1. The molecule has 1 atom stereocenters. The van der Waals surface area contributed by atoms with Gasteiger partial charge in [0.05, 0.1) is 6.04 Å². The first-order valence-corrected chi connectivity index (χ1v) is 10.1. The Morgan fingerprint density at radius 2 is 2.07 bits per heavy atom. The average Bonchev–Trinajstić information content (AvgIpc) is 3.06. The number of nitrogens with zero attached hydrogens (tertiary/aromatic N) is 2. The lowest BCUT2D eigenvalue weighted by Gasteiger charge is -2.34. The number of likely N-dealkylation sites (tertiary alicyclic amines) is 1. The van der Waals surface area contributed by atoms with Crippen molar-refractivity contribution in [2.75, 3.05) is 19.6 Å². The number of fused-ring (bicyclic) bond motifs is 1. The summed E-state index contributed by atoms with van der Waals surface area (Å²) in [5.41, 5.74) is 5.03. The molecule has 3 rings (SSSR count). The Kier molecular flexibility index (Phi) is 5.68. The lowest BCUT2D eigenvalue weighted by Crippen LogP contribution is -2.40. The molecule has 3 aliphatic rings. The van der Waals surface area contributed by atoms with Crippen molar-refractivity contribution in [1.82, 2.24) is 15.1 Å². The quantitative estimate of drug-likeness (QED) is 0.800. The monoisotopic (exact) mass is 371 g/mol. The van der Waals surface area contributed by atoms with Gasteiger partial charge in [-0.1, -0.05) is 19.9 Å². The number of rotatable bonds is 4. The maximum atomic E-state index is 12.0. The van der Waals surface area contributed by atoms with E-state index in [0.717, 1.165) is 38.9 Å². The zero-order valence-corrected chi connectivity index (χ0v) is 17.3. The third-order valence-electron chi connectivity index (χ3n) is 5.26. The van der Waals surface area contributed by atoms with Gasteiger partial charge in [-0.3, -0.25) is 0 Å². The first kappa shape index (κ1) is 19.6. The van der Waals surface area contributed by atoms with Crippen molar-refractivity contribution >= 4 is 6.09 Å². The normalized spacial score (nSPS) is 22.5. The number of amides is 1. The summed E-state index contributed by atoms with van der Waals surface area (Å²) >= 11 is 0.